The summed E-state index contributed by atoms with van der Waals surface area (Å²) in [5.74, 6) is 0.368. The van der Waals surface area contributed by atoms with Gasteiger partial charge in [-0.3, -0.25) is 19.9 Å². The summed E-state index contributed by atoms with van der Waals surface area (Å²) in [7, 11) is 0. The number of nitrogens with zero attached hydrogens (tertiary/aromatic N) is 3. The summed E-state index contributed by atoms with van der Waals surface area (Å²) in [5.41, 5.74) is 0.417. The summed E-state index contributed by atoms with van der Waals surface area (Å²) >= 11 is 0. The molecule has 0 saturated carbocycles. The lowest BCUT2D eigenvalue weighted by molar-refractivity contribution is -0.121. The molecule has 0 bridgehead atoms. The van der Waals surface area contributed by atoms with Crippen LogP contribution in [0, 0.1) is 5.92 Å². The minimum absolute atomic E-state index is 0.0983. The highest BCUT2D eigenvalue weighted by Gasteiger charge is 2.26. The van der Waals surface area contributed by atoms with Crippen molar-refractivity contribution in [1.29, 1.82) is 0 Å². The van der Waals surface area contributed by atoms with Gasteiger partial charge in [-0.25, -0.2) is 9.37 Å². The molecule has 9 heteroatoms. The van der Waals surface area contributed by atoms with E-state index in [2.05, 4.69) is 25.5 Å². The quantitative estimate of drug-likeness (QED) is 0.557. The Morgan fingerprint density at radius 1 is 1.14 bits per heavy atom. The minimum atomic E-state index is -1.16. The van der Waals surface area contributed by atoms with E-state index in [4.69, 9.17) is 4.74 Å². The van der Waals surface area contributed by atoms with E-state index in [1.165, 1.54) is 12.4 Å². The van der Waals surface area contributed by atoms with Gasteiger partial charge in [0, 0.05) is 12.1 Å². The van der Waals surface area contributed by atoms with Gasteiger partial charge in [-0.1, -0.05) is 0 Å². The number of likely N-dealkylation sites (tertiary alicyclic amines) is 1. The molecule has 35 heavy (non-hydrogen) atoms. The molecule has 4 rings (SSSR count). The number of halogens is 1. The molecule has 0 spiro atoms. The Morgan fingerprint density at radius 3 is 2.49 bits per heavy atom. The first-order valence-electron chi connectivity index (χ1n) is 12.3. The highest BCUT2D eigenvalue weighted by atomic mass is 19.1. The number of hydrogen-bond donors (Lipinski definition) is 2. The number of carbonyl (C=O) groups is 2. The van der Waals surface area contributed by atoms with Crippen LogP contribution in [0.25, 0.3) is 11.3 Å². The zero-order valence-electron chi connectivity index (χ0n) is 20.4. The van der Waals surface area contributed by atoms with Crippen LogP contribution in [-0.2, 0) is 4.79 Å². The zero-order valence-corrected chi connectivity index (χ0v) is 20.4. The van der Waals surface area contributed by atoms with E-state index in [0.29, 0.717) is 24.8 Å². The Hall–Kier alpha value is -2.91. The van der Waals surface area contributed by atoms with Crippen LogP contribution in [0.3, 0.4) is 0 Å². The van der Waals surface area contributed by atoms with E-state index < -0.39 is 11.6 Å². The molecular formula is C26H34FN5O3. The molecule has 2 saturated heterocycles. The molecule has 2 aliphatic rings. The maximum atomic E-state index is 13.8. The topological polar surface area (TPSA) is 96.5 Å². The van der Waals surface area contributed by atoms with Crippen LogP contribution in [-0.4, -0.2) is 71.2 Å². The summed E-state index contributed by atoms with van der Waals surface area (Å²) < 4.78 is 19.8. The van der Waals surface area contributed by atoms with E-state index >= 15 is 0 Å². The fraction of sp³-hybridized carbons (Fsp3) is 0.538. The molecule has 8 nitrogen and oxygen atoms in total. The predicted molar refractivity (Wildman–Crippen MR) is 131 cm³/mol. The van der Waals surface area contributed by atoms with Gasteiger partial charge in [-0.2, -0.15) is 0 Å². The Balaban J connectivity index is 1.24. The fourth-order valence-corrected chi connectivity index (χ4v) is 4.54. The van der Waals surface area contributed by atoms with Crippen LogP contribution in [0.4, 0.5) is 4.39 Å². The lowest BCUT2D eigenvalue weighted by Gasteiger charge is -2.34. The summed E-state index contributed by atoms with van der Waals surface area (Å²) in [6.45, 7) is 6.96. The highest BCUT2D eigenvalue weighted by Crippen LogP contribution is 2.24. The van der Waals surface area contributed by atoms with Gasteiger partial charge in [0.2, 0.25) is 5.91 Å². The van der Waals surface area contributed by atoms with Crippen molar-refractivity contribution in [2.24, 2.45) is 5.92 Å². The Labute approximate surface area is 205 Å². The number of alkyl halides is 1. The van der Waals surface area contributed by atoms with Crippen LogP contribution in [0.15, 0.2) is 36.7 Å². The molecule has 1 aromatic carbocycles. The Kier molecular flexibility index (Phi) is 8.07. The maximum Gasteiger partial charge on any atom is 0.278 e. The molecule has 0 aliphatic carbocycles. The number of amides is 2. The van der Waals surface area contributed by atoms with Crippen molar-refractivity contribution >= 4 is 11.8 Å². The SMILES string of the molecule is CC(C)(F)CN1CCC(COc2ccc(-c3cnc(C(=O)NC(=O)C4CCCN4)cn3)cc2)CC1. The molecule has 3 heterocycles. The average Bonchev–Trinajstić information content (AvgIpc) is 3.38. The number of carbonyl (C=O) groups excluding carboxylic acids is 2. The molecule has 2 aliphatic heterocycles. The van der Waals surface area contributed by atoms with Crippen LogP contribution in [0.5, 0.6) is 5.75 Å². The predicted octanol–water partition coefficient (Wildman–Crippen LogP) is 2.99. The lowest BCUT2D eigenvalue weighted by Crippen LogP contribution is -2.43. The summed E-state index contributed by atoms with van der Waals surface area (Å²) in [6, 6.07) is 7.27. The van der Waals surface area contributed by atoms with Crippen molar-refractivity contribution < 1.29 is 18.7 Å². The molecule has 1 unspecified atom stereocenters. The fourth-order valence-electron chi connectivity index (χ4n) is 4.54. The minimum Gasteiger partial charge on any atom is -0.493 e. The second-order valence-electron chi connectivity index (χ2n) is 10.0. The van der Waals surface area contributed by atoms with E-state index in [-0.39, 0.29) is 17.6 Å². The van der Waals surface area contributed by atoms with Crippen LogP contribution in [0.1, 0.15) is 50.0 Å². The number of rotatable bonds is 8. The molecule has 2 fully saturated rings. The highest BCUT2D eigenvalue weighted by molar-refractivity contribution is 6.05. The number of aromatic nitrogens is 2. The van der Waals surface area contributed by atoms with E-state index in [1.807, 2.05) is 24.3 Å². The number of ether oxygens (including phenoxy) is 1. The normalized spacial score (nSPS) is 19.5. The second-order valence-corrected chi connectivity index (χ2v) is 10.0. The van der Waals surface area contributed by atoms with Gasteiger partial charge >= 0.3 is 0 Å². The third-order valence-corrected chi connectivity index (χ3v) is 6.44. The van der Waals surface area contributed by atoms with Gasteiger partial charge in [0.05, 0.1) is 30.7 Å². The first-order valence-corrected chi connectivity index (χ1v) is 12.3. The standard InChI is InChI=1S/C26H34FN5O3/c1-26(2,27)17-32-12-9-18(10-13-32)16-35-20-7-5-19(6-8-20)22-14-30-23(15-29-22)25(34)31-24(33)21-4-3-11-28-21/h5-8,14-15,18,21,28H,3-4,9-13,16-17H2,1-2H3,(H,31,33,34). The van der Waals surface area contributed by atoms with Crippen molar-refractivity contribution in [2.45, 2.75) is 51.2 Å². The molecule has 1 aromatic heterocycles. The summed E-state index contributed by atoms with van der Waals surface area (Å²) in [5, 5.41) is 5.44. The number of imide groups is 1. The first kappa shape index (κ1) is 25.2. The molecule has 0 radical (unpaired) electrons. The van der Waals surface area contributed by atoms with Crippen molar-refractivity contribution in [3.63, 3.8) is 0 Å². The van der Waals surface area contributed by atoms with E-state index in [9.17, 15) is 14.0 Å². The summed E-state index contributed by atoms with van der Waals surface area (Å²) in [4.78, 5) is 35.1. The van der Waals surface area contributed by atoms with Gasteiger partial charge in [0.15, 0.2) is 0 Å². The first-order chi connectivity index (χ1) is 16.8. The average molecular weight is 484 g/mol. The third kappa shape index (κ3) is 7.29. The lowest BCUT2D eigenvalue weighted by atomic mass is 9.97. The smallest absolute Gasteiger partial charge is 0.278 e. The van der Waals surface area contributed by atoms with Crippen molar-refractivity contribution in [3.8, 4) is 17.0 Å². The van der Waals surface area contributed by atoms with Gasteiger partial charge in [-0.15, -0.1) is 0 Å². The molecule has 2 aromatic rings. The maximum absolute atomic E-state index is 13.8. The number of benzene rings is 1. The molecule has 188 valence electrons. The number of nitrogens with one attached hydrogen (secondary N) is 2. The van der Waals surface area contributed by atoms with Crippen LogP contribution >= 0.6 is 0 Å². The van der Waals surface area contributed by atoms with Crippen LogP contribution < -0.4 is 15.4 Å². The monoisotopic (exact) mass is 483 g/mol. The van der Waals surface area contributed by atoms with Gasteiger partial charge in [-0.05, 0) is 89.3 Å². The van der Waals surface area contributed by atoms with Gasteiger partial charge < -0.3 is 15.0 Å². The van der Waals surface area contributed by atoms with E-state index in [1.54, 1.807) is 13.8 Å². The molecule has 2 amide bonds. The Morgan fingerprint density at radius 2 is 1.89 bits per heavy atom. The van der Waals surface area contributed by atoms with Crippen molar-refractivity contribution in [1.82, 2.24) is 25.5 Å². The third-order valence-electron chi connectivity index (χ3n) is 6.44. The largest absolute Gasteiger partial charge is 0.493 e. The number of hydrogen-bond acceptors (Lipinski definition) is 7. The zero-order chi connectivity index (χ0) is 24.8. The summed E-state index contributed by atoms with van der Waals surface area (Å²) in [6.07, 6.45) is 6.56. The second kappa shape index (κ2) is 11.2. The van der Waals surface area contributed by atoms with Crippen molar-refractivity contribution in [3.05, 3.63) is 42.4 Å². The molecule has 2 N–H and O–H groups in total. The van der Waals surface area contributed by atoms with E-state index in [0.717, 1.165) is 56.6 Å². The number of piperidine rings is 1. The Bertz CT molecular complexity index is 993. The van der Waals surface area contributed by atoms with Crippen LogP contribution in [0.2, 0.25) is 0 Å². The van der Waals surface area contributed by atoms with Gasteiger partial charge in [0.25, 0.3) is 5.91 Å². The van der Waals surface area contributed by atoms with Crippen molar-refractivity contribution in [2.75, 3.05) is 32.8 Å². The molecular weight excluding hydrogens is 449 g/mol. The molecule has 1 atom stereocenters. The van der Waals surface area contributed by atoms with Gasteiger partial charge in [0.1, 0.15) is 17.1 Å².